The van der Waals surface area contributed by atoms with Gasteiger partial charge in [0.05, 0.1) is 42.7 Å². The van der Waals surface area contributed by atoms with Gasteiger partial charge in [-0.2, -0.15) is 0 Å². The summed E-state index contributed by atoms with van der Waals surface area (Å²) in [7, 11) is 0. The number of aliphatic hydroxyl groups excluding tert-OH is 5. The third-order valence-corrected chi connectivity index (χ3v) is 9.22. The van der Waals surface area contributed by atoms with Gasteiger partial charge < -0.3 is 35.0 Å². The highest BCUT2D eigenvalue weighted by molar-refractivity contribution is 5.90. The van der Waals surface area contributed by atoms with E-state index in [1.807, 2.05) is 0 Å². The standard InChI is InChI=1S/C35H64O8/c1-3-4-5-6-7-8-9-10-11-14-19-31(39)33-22-23-34(43-33)32(40)21-16-20-30(38)29(37)18-15-12-13-17-28(36)25-27-24-26(2)42-35(27)41/h24,26,28-34,36-40H,3-23,25H2,1-2H3/t26-,28-,29-,30+,31+,32-,33-,34+/m0/s1. The Kier molecular flexibility index (Phi) is 19.9. The van der Waals surface area contributed by atoms with E-state index >= 15 is 0 Å². The molecule has 0 radical (unpaired) electrons. The summed E-state index contributed by atoms with van der Waals surface area (Å²) in [6, 6.07) is 0. The highest BCUT2D eigenvalue weighted by atomic mass is 16.5. The molecule has 0 aromatic heterocycles. The number of unbranched alkanes of at least 4 members (excludes halogenated alkanes) is 11. The van der Waals surface area contributed by atoms with Gasteiger partial charge in [0.2, 0.25) is 0 Å². The molecule has 0 amide bonds. The van der Waals surface area contributed by atoms with Crippen LogP contribution in [0.15, 0.2) is 11.6 Å². The van der Waals surface area contributed by atoms with E-state index in [0.29, 0.717) is 44.1 Å². The molecular formula is C35H64O8. The van der Waals surface area contributed by atoms with Crippen LogP contribution >= 0.6 is 0 Å². The van der Waals surface area contributed by atoms with E-state index in [4.69, 9.17) is 9.47 Å². The van der Waals surface area contributed by atoms with Crippen LogP contribution in [0.25, 0.3) is 0 Å². The lowest BCUT2D eigenvalue weighted by atomic mass is 9.97. The van der Waals surface area contributed by atoms with Crippen LogP contribution in [0.2, 0.25) is 0 Å². The second kappa shape index (κ2) is 22.5. The Morgan fingerprint density at radius 2 is 1.14 bits per heavy atom. The summed E-state index contributed by atoms with van der Waals surface area (Å²) in [6.45, 7) is 4.04. The molecule has 0 unspecified atom stereocenters. The molecule has 252 valence electrons. The molecule has 0 bridgehead atoms. The molecule has 0 aromatic rings. The third kappa shape index (κ3) is 16.2. The van der Waals surface area contributed by atoms with Crippen LogP contribution in [0.5, 0.6) is 0 Å². The Hall–Kier alpha value is -1.03. The Morgan fingerprint density at radius 3 is 1.70 bits per heavy atom. The van der Waals surface area contributed by atoms with E-state index in [2.05, 4.69) is 6.92 Å². The van der Waals surface area contributed by atoms with Gasteiger partial charge in [-0.1, -0.05) is 90.4 Å². The summed E-state index contributed by atoms with van der Waals surface area (Å²) in [5.41, 5.74) is 0.542. The molecule has 0 aliphatic carbocycles. The number of esters is 1. The minimum absolute atomic E-state index is 0.202. The molecule has 8 heteroatoms. The summed E-state index contributed by atoms with van der Waals surface area (Å²) in [6.07, 6.45) is 17.9. The number of rotatable bonds is 26. The Bertz CT molecular complexity index is 758. The fourth-order valence-electron chi connectivity index (χ4n) is 6.44. The quantitative estimate of drug-likeness (QED) is 0.0590. The maximum Gasteiger partial charge on any atom is 0.334 e. The van der Waals surface area contributed by atoms with Gasteiger partial charge in [-0.25, -0.2) is 4.79 Å². The topological polar surface area (TPSA) is 137 Å². The zero-order valence-electron chi connectivity index (χ0n) is 27.2. The predicted octanol–water partition coefficient (Wildman–Crippen LogP) is 6.03. The molecule has 1 fully saturated rings. The second-order valence-electron chi connectivity index (χ2n) is 13.3. The molecule has 2 rings (SSSR count). The first kappa shape index (κ1) is 38.2. The summed E-state index contributed by atoms with van der Waals surface area (Å²) in [5, 5.41) is 52.1. The lowest BCUT2D eigenvalue weighted by Gasteiger charge is -2.23. The lowest BCUT2D eigenvalue weighted by molar-refractivity contribution is -0.139. The largest absolute Gasteiger partial charge is 0.455 e. The minimum atomic E-state index is -0.833. The molecule has 43 heavy (non-hydrogen) atoms. The number of hydrogen-bond donors (Lipinski definition) is 5. The zero-order valence-corrected chi connectivity index (χ0v) is 27.2. The monoisotopic (exact) mass is 612 g/mol. The maximum atomic E-state index is 11.7. The highest BCUT2D eigenvalue weighted by Crippen LogP contribution is 2.28. The van der Waals surface area contributed by atoms with E-state index in [1.165, 1.54) is 51.4 Å². The molecule has 2 aliphatic heterocycles. The van der Waals surface area contributed by atoms with Crippen LogP contribution < -0.4 is 0 Å². The number of cyclic esters (lactones) is 1. The van der Waals surface area contributed by atoms with Gasteiger partial charge in [-0.3, -0.25) is 0 Å². The average molecular weight is 613 g/mol. The van der Waals surface area contributed by atoms with Crippen molar-refractivity contribution in [3.05, 3.63) is 11.6 Å². The van der Waals surface area contributed by atoms with Gasteiger partial charge in [0.1, 0.15) is 6.10 Å². The molecule has 2 heterocycles. The van der Waals surface area contributed by atoms with Crippen molar-refractivity contribution in [2.75, 3.05) is 0 Å². The van der Waals surface area contributed by atoms with Gasteiger partial charge in [-0.05, 0) is 64.4 Å². The molecule has 0 aromatic carbocycles. The molecule has 2 aliphatic rings. The van der Waals surface area contributed by atoms with Crippen molar-refractivity contribution in [3.63, 3.8) is 0 Å². The van der Waals surface area contributed by atoms with Gasteiger partial charge in [0.25, 0.3) is 0 Å². The summed E-state index contributed by atoms with van der Waals surface area (Å²) < 4.78 is 11.1. The number of ether oxygens (including phenoxy) is 2. The minimum Gasteiger partial charge on any atom is -0.455 e. The van der Waals surface area contributed by atoms with Crippen molar-refractivity contribution in [2.45, 2.75) is 204 Å². The van der Waals surface area contributed by atoms with Gasteiger partial charge in [0.15, 0.2) is 0 Å². The van der Waals surface area contributed by atoms with E-state index in [1.54, 1.807) is 13.0 Å². The lowest BCUT2D eigenvalue weighted by Crippen LogP contribution is -2.31. The third-order valence-electron chi connectivity index (χ3n) is 9.22. The smallest absolute Gasteiger partial charge is 0.334 e. The first-order chi connectivity index (χ1) is 20.7. The Morgan fingerprint density at radius 1 is 0.674 bits per heavy atom. The predicted molar refractivity (Wildman–Crippen MR) is 170 cm³/mol. The first-order valence-corrected chi connectivity index (χ1v) is 17.7. The molecule has 5 N–H and O–H groups in total. The summed E-state index contributed by atoms with van der Waals surface area (Å²) in [5.74, 6) is -0.343. The van der Waals surface area contributed by atoms with Crippen molar-refractivity contribution >= 4 is 5.97 Å². The molecular weight excluding hydrogens is 548 g/mol. The van der Waals surface area contributed by atoms with Crippen LogP contribution in [0, 0.1) is 0 Å². The number of carbonyl (C=O) groups is 1. The van der Waals surface area contributed by atoms with E-state index in [9.17, 15) is 30.3 Å². The Labute approximate surface area is 261 Å². The van der Waals surface area contributed by atoms with Crippen LogP contribution in [-0.4, -0.2) is 80.3 Å². The van der Waals surface area contributed by atoms with Gasteiger partial charge in [0, 0.05) is 12.0 Å². The molecule has 8 atom stereocenters. The van der Waals surface area contributed by atoms with Crippen molar-refractivity contribution < 1.29 is 39.8 Å². The van der Waals surface area contributed by atoms with Gasteiger partial charge >= 0.3 is 5.97 Å². The molecule has 8 nitrogen and oxygen atoms in total. The second-order valence-corrected chi connectivity index (χ2v) is 13.3. The van der Waals surface area contributed by atoms with Crippen LogP contribution in [0.3, 0.4) is 0 Å². The first-order valence-electron chi connectivity index (χ1n) is 17.7. The maximum absolute atomic E-state index is 11.7. The van der Waals surface area contributed by atoms with E-state index < -0.39 is 30.5 Å². The zero-order chi connectivity index (χ0) is 31.5. The van der Waals surface area contributed by atoms with Crippen LogP contribution in [0.1, 0.15) is 155 Å². The molecule has 0 saturated carbocycles. The Balaban J connectivity index is 1.46. The average Bonchev–Trinajstić information content (AvgIpc) is 3.59. The van der Waals surface area contributed by atoms with Crippen molar-refractivity contribution in [1.29, 1.82) is 0 Å². The number of hydrogen-bond acceptors (Lipinski definition) is 8. The van der Waals surface area contributed by atoms with Crippen molar-refractivity contribution in [3.8, 4) is 0 Å². The normalized spacial score (nSPS) is 24.0. The van der Waals surface area contributed by atoms with E-state index in [-0.39, 0.29) is 24.3 Å². The SMILES string of the molecule is CCCCCCCCCCCC[C@@H](O)[C@@H]1CC[C@H]([C@@H](O)CCC[C@@H](O)[C@@H](O)CCCCC[C@H](O)CC2=C[C@H](C)OC2=O)O1. The van der Waals surface area contributed by atoms with Crippen molar-refractivity contribution in [2.24, 2.45) is 0 Å². The molecule has 0 spiro atoms. The highest BCUT2D eigenvalue weighted by Gasteiger charge is 2.34. The van der Waals surface area contributed by atoms with Gasteiger partial charge in [-0.15, -0.1) is 0 Å². The fraction of sp³-hybridized carbons (Fsp3) is 0.914. The van der Waals surface area contributed by atoms with Crippen LogP contribution in [-0.2, 0) is 14.3 Å². The number of carbonyl (C=O) groups excluding carboxylic acids is 1. The fourth-order valence-corrected chi connectivity index (χ4v) is 6.44. The summed E-state index contributed by atoms with van der Waals surface area (Å²) in [4.78, 5) is 11.7. The molecule has 1 saturated heterocycles. The summed E-state index contributed by atoms with van der Waals surface area (Å²) >= 11 is 0. The van der Waals surface area contributed by atoms with E-state index in [0.717, 1.165) is 51.4 Å². The van der Waals surface area contributed by atoms with Crippen molar-refractivity contribution in [1.82, 2.24) is 0 Å². The number of aliphatic hydroxyl groups is 5. The van der Waals surface area contributed by atoms with Crippen LogP contribution in [0.4, 0.5) is 0 Å².